The molecule has 0 aliphatic carbocycles. The Balaban J connectivity index is 2.30. The Hall–Kier alpha value is -1.08. The van der Waals surface area contributed by atoms with E-state index < -0.39 is 5.41 Å². The summed E-state index contributed by atoms with van der Waals surface area (Å²) in [4.78, 5) is 11.6. The highest BCUT2D eigenvalue weighted by Crippen LogP contribution is 2.15. The van der Waals surface area contributed by atoms with Crippen LogP contribution in [0.15, 0.2) is 0 Å². The van der Waals surface area contributed by atoms with Crippen LogP contribution in [0.5, 0.6) is 0 Å². The normalized spacial score (nSPS) is 21.8. The van der Waals surface area contributed by atoms with Gasteiger partial charge in [0.05, 0.1) is 12.7 Å². The fourth-order valence-corrected chi connectivity index (χ4v) is 1.48. The SMILES string of the molecule is CC(C)(C#N)C(=O)NCC1CCCOC1. The first kappa shape index (κ1) is 12.0. The summed E-state index contributed by atoms with van der Waals surface area (Å²) in [5.74, 6) is 0.202. The van der Waals surface area contributed by atoms with Crippen molar-refractivity contribution in [3.8, 4) is 6.07 Å². The minimum absolute atomic E-state index is 0.199. The van der Waals surface area contributed by atoms with Crippen molar-refractivity contribution in [3.05, 3.63) is 0 Å². The first-order chi connectivity index (χ1) is 7.06. The Labute approximate surface area is 90.6 Å². The molecular weight excluding hydrogens is 192 g/mol. The van der Waals surface area contributed by atoms with E-state index in [1.807, 2.05) is 6.07 Å². The number of nitriles is 1. The lowest BCUT2D eigenvalue weighted by Gasteiger charge is -2.23. The van der Waals surface area contributed by atoms with Crippen LogP contribution in [0, 0.1) is 22.7 Å². The van der Waals surface area contributed by atoms with Gasteiger partial charge in [0.15, 0.2) is 0 Å². The number of ether oxygens (including phenoxy) is 1. The van der Waals surface area contributed by atoms with Gasteiger partial charge in [-0.05, 0) is 32.6 Å². The summed E-state index contributed by atoms with van der Waals surface area (Å²) in [5, 5.41) is 11.6. The van der Waals surface area contributed by atoms with Crippen LogP contribution in [0.2, 0.25) is 0 Å². The van der Waals surface area contributed by atoms with Gasteiger partial charge in [0.25, 0.3) is 0 Å². The van der Waals surface area contributed by atoms with E-state index in [0.29, 0.717) is 19.1 Å². The second-order valence-electron chi connectivity index (χ2n) is 4.53. The van der Waals surface area contributed by atoms with E-state index in [4.69, 9.17) is 10.00 Å². The maximum atomic E-state index is 11.6. The van der Waals surface area contributed by atoms with Crippen LogP contribution >= 0.6 is 0 Å². The quantitative estimate of drug-likeness (QED) is 0.758. The highest BCUT2D eigenvalue weighted by atomic mass is 16.5. The summed E-state index contributed by atoms with van der Waals surface area (Å²) < 4.78 is 5.31. The molecule has 0 aromatic carbocycles. The van der Waals surface area contributed by atoms with Crippen molar-refractivity contribution in [2.75, 3.05) is 19.8 Å². The summed E-state index contributed by atoms with van der Waals surface area (Å²) in [6, 6.07) is 1.99. The van der Waals surface area contributed by atoms with Crippen molar-refractivity contribution in [1.29, 1.82) is 5.26 Å². The van der Waals surface area contributed by atoms with Crippen molar-refractivity contribution < 1.29 is 9.53 Å². The molecular formula is C11H18N2O2. The maximum absolute atomic E-state index is 11.6. The maximum Gasteiger partial charge on any atom is 0.239 e. The molecule has 1 heterocycles. The lowest BCUT2D eigenvalue weighted by Crippen LogP contribution is -2.40. The van der Waals surface area contributed by atoms with Gasteiger partial charge in [-0.2, -0.15) is 5.26 Å². The van der Waals surface area contributed by atoms with E-state index in [1.54, 1.807) is 13.8 Å². The third kappa shape index (κ3) is 3.52. The molecule has 1 aliphatic heterocycles. The first-order valence-corrected chi connectivity index (χ1v) is 5.33. The van der Waals surface area contributed by atoms with Crippen molar-refractivity contribution in [2.24, 2.45) is 11.3 Å². The lowest BCUT2D eigenvalue weighted by atomic mass is 9.94. The van der Waals surface area contributed by atoms with Gasteiger partial charge in [-0.3, -0.25) is 4.79 Å². The van der Waals surface area contributed by atoms with Gasteiger partial charge in [-0.25, -0.2) is 0 Å². The fraction of sp³-hybridized carbons (Fsp3) is 0.818. The van der Waals surface area contributed by atoms with E-state index in [1.165, 1.54) is 0 Å². The van der Waals surface area contributed by atoms with Gasteiger partial charge in [0.1, 0.15) is 5.41 Å². The number of hydrogen-bond donors (Lipinski definition) is 1. The smallest absolute Gasteiger partial charge is 0.239 e. The molecule has 0 aromatic rings. The first-order valence-electron chi connectivity index (χ1n) is 5.33. The Bertz CT molecular complexity index is 262. The van der Waals surface area contributed by atoms with Crippen LogP contribution in [0.25, 0.3) is 0 Å². The predicted molar refractivity (Wildman–Crippen MR) is 55.9 cm³/mol. The standard InChI is InChI=1S/C11H18N2O2/c1-11(2,8-12)10(14)13-6-9-4-3-5-15-7-9/h9H,3-7H2,1-2H3,(H,13,14). The summed E-state index contributed by atoms with van der Waals surface area (Å²) >= 11 is 0. The Morgan fingerprint density at radius 3 is 2.93 bits per heavy atom. The van der Waals surface area contributed by atoms with Gasteiger partial charge < -0.3 is 10.1 Å². The Morgan fingerprint density at radius 2 is 2.40 bits per heavy atom. The molecule has 4 heteroatoms. The summed E-state index contributed by atoms with van der Waals surface area (Å²) in [7, 11) is 0. The molecule has 1 fully saturated rings. The number of carbonyl (C=O) groups is 1. The van der Waals surface area contributed by atoms with Gasteiger partial charge in [0.2, 0.25) is 5.91 Å². The number of hydrogen-bond acceptors (Lipinski definition) is 3. The molecule has 1 saturated heterocycles. The van der Waals surface area contributed by atoms with Gasteiger partial charge in [0, 0.05) is 13.2 Å². The average molecular weight is 210 g/mol. The van der Waals surface area contributed by atoms with E-state index in [0.717, 1.165) is 19.4 Å². The monoisotopic (exact) mass is 210 g/mol. The minimum Gasteiger partial charge on any atom is -0.381 e. The van der Waals surface area contributed by atoms with Gasteiger partial charge >= 0.3 is 0 Å². The van der Waals surface area contributed by atoms with Crippen molar-refractivity contribution in [3.63, 3.8) is 0 Å². The highest BCUT2D eigenvalue weighted by Gasteiger charge is 2.27. The van der Waals surface area contributed by atoms with E-state index in [2.05, 4.69) is 5.32 Å². The third-order valence-electron chi connectivity index (χ3n) is 2.65. The zero-order valence-electron chi connectivity index (χ0n) is 9.38. The molecule has 1 atom stereocenters. The number of carbonyl (C=O) groups excluding carboxylic acids is 1. The van der Waals surface area contributed by atoms with Crippen LogP contribution in [-0.4, -0.2) is 25.7 Å². The molecule has 15 heavy (non-hydrogen) atoms. The molecule has 0 aromatic heterocycles. The lowest BCUT2D eigenvalue weighted by molar-refractivity contribution is -0.127. The molecule has 0 saturated carbocycles. The number of amides is 1. The molecule has 84 valence electrons. The molecule has 1 aliphatic rings. The van der Waals surface area contributed by atoms with Crippen LogP contribution in [0.3, 0.4) is 0 Å². The molecule has 0 spiro atoms. The van der Waals surface area contributed by atoms with E-state index in [9.17, 15) is 4.79 Å². The summed E-state index contributed by atoms with van der Waals surface area (Å²) in [6.45, 7) is 5.41. The largest absolute Gasteiger partial charge is 0.381 e. The molecule has 1 N–H and O–H groups in total. The molecule has 1 rings (SSSR count). The van der Waals surface area contributed by atoms with Crippen molar-refractivity contribution in [1.82, 2.24) is 5.32 Å². The van der Waals surface area contributed by atoms with Gasteiger partial charge in [-0.15, -0.1) is 0 Å². The Morgan fingerprint density at radius 1 is 1.67 bits per heavy atom. The van der Waals surface area contributed by atoms with Crippen molar-refractivity contribution >= 4 is 5.91 Å². The fourth-order valence-electron chi connectivity index (χ4n) is 1.48. The topological polar surface area (TPSA) is 62.1 Å². The van der Waals surface area contributed by atoms with Crippen molar-refractivity contribution in [2.45, 2.75) is 26.7 Å². The average Bonchev–Trinajstić information content (AvgIpc) is 2.27. The molecule has 1 amide bonds. The highest BCUT2D eigenvalue weighted by molar-refractivity contribution is 5.84. The summed E-state index contributed by atoms with van der Waals surface area (Å²) in [5.41, 5.74) is -0.935. The number of nitrogens with zero attached hydrogens (tertiary/aromatic N) is 1. The second kappa shape index (κ2) is 5.13. The number of rotatable bonds is 3. The molecule has 1 unspecified atom stereocenters. The second-order valence-corrected chi connectivity index (χ2v) is 4.53. The van der Waals surface area contributed by atoms with Crippen LogP contribution in [0.4, 0.5) is 0 Å². The molecule has 0 bridgehead atoms. The van der Waals surface area contributed by atoms with Crippen LogP contribution < -0.4 is 5.32 Å². The van der Waals surface area contributed by atoms with Crippen LogP contribution in [0.1, 0.15) is 26.7 Å². The number of nitrogens with one attached hydrogen (secondary N) is 1. The van der Waals surface area contributed by atoms with Crippen LogP contribution in [-0.2, 0) is 9.53 Å². The summed E-state index contributed by atoms with van der Waals surface area (Å²) in [6.07, 6.45) is 2.15. The predicted octanol–water partition coefficient (Wildman–Crippen LogP) is 1.08. The Kier molecular flexibility index (Phi) is 4.10. The third-order valence-corrected chi connectivity index (χ3v) is 2.65. The zero-order chi connectivity index (χ0) is 11.3. The van der Waals surface area contributed by atoms with E-state index >= 15 is 0 Å². The molecule has 4 nitrogen and oxygen atoms in total. The molecule has 0 radical (unpaired) electrons. The van der Waals surface area contributed by atoms with Gasteiger partial charge in [-0.1, -0.05) is 0 Å². The zero-order valence-corrected chi connectivity index (χ0v) is 9.38. The van der Waals surface area contributed by atoms with E-state index in [-0.39, 0.29) is 5.91 Å². The minimum atomic E-state index is -0.935.